The fourth-order valence-corrected chi connectivity index (χ4v) is 2.27. The maximum Gasteiger partial charge on any atom is 0.234 e. The lowest BCUT2D eigenvalue weighted by Gasteiger charge is -2.07. The zero-order valence-corrected chi connectivity index (χ0v) is 11.2. The number of carbonyl (C=O) groups excluding carboxylic acids is 1. The number of benzene rings is 2. The van der Waals surface area contributed by atoms with Crippen molar-refractivity contribution in [2.24, 2.45) is 0 Å². The maximum atomic E-state index is 13.4. The van der Waals surface area contributed by atoms with Gasteiger partial charge in [-0.3, -0.25) is 4.79 Å². The second kappa shape index (κ2) is 6.38. The van der Waals surface area contributed by atoms with E-state index >= 15 is 0 Å². The number of halogens is 2. The first kappa shape index (κ1) is 14.3. The van der Waals surface area contributed by atoms with Crippen molar-refractivity contribution in [2.75, 3.05) is 16.8 Å². The summed E-state index contributed by atoms with van der Waals surface area (Å²) >= 11 is 1.17. The van der Waals surface area contributed by atoms with Crippen LogP contribution in [0.5, 0.6) is 0 Å². The fraction of sp³-hybridized carbons (Fsp3) is 0.0714. The number of nitrogens with one attached hydrogen (secondary N) is 1. The smallest absolute Gasteiger partial charge is 0.234 e. The molecule has 0 unspecified atom stereocenters. The first-order chi connectivity index (χ1) is 9.54. The highest BCUT2D eigenvalue weighted by molar-refractivity contribution is 8.00. The minimum absolute atomic E-state index is 0.0369. The van der Waals surface area contributed by atoms with E-state index in [9.17, 15) is 13.6 Å². The highest BCUT2D eigenvalue weighted by atomic mass is 32.2. The van der Waals surface area contributed by atoms with Crippen molar-refractivity contribution in [3.05, 3.63) is 54.1 Å². The third-order valence-electron chi connectivity index (χ3n) is 2.43. The zero-order chi connectivity index (χ0) is 14.5. The molecule has 3 nitrogen and oxygen atoms in total. The summed E-state index contributed by atoms with van der Waals surface area (Å²) in [5.41, 5.74) is 5.92. The second-order valence-electron chi connectivity index (χ2n) is 4.03. The minimum Gasteiger partial charge on any atom is -0.399 e. The quantitative estimate of drug-likeness (QED) is 0.672. The summed E-state index contributed by atoms with van der Waals surface area (Å²) in [5.74, 6) is -1.25. The zero-order valence-electron chi connectivity index (χ0n) is 10.4. The Morgan fingerprint density at radius 3 is 2.75 bits per heavy atom. The molecule has 0 atom stereocenters. The van der Waals surface area contributed by atoms with Gasteiger partial charge in [-0.15, -0.1) is 11.8 Å². The third kappa shape index (κ3) is 3.96. The van der Waals surface area contributed by atoms with Crippen molar-refractivity contribution in [1.29, 1.82) is 0 Å². The van der Waals surface area contributed by atoms with E-state index in [1.165, 1.54) is 42.1 Å². The highest BCUT2D eigenvalue weighted by Crippen LogP contribution is 2.21. The largest absolute Gasteiger partial charge is 0.399 e. The predicted molar refractivity (Wildman–Crippen MR) is 76.6 cm³/mol. The Morgan fingerprint density at radius 2 is 2.00 bits per heavy atom. The van der Waals surface area contributed by atoms with Crippen molar-refractivity contribution >= 4 is 29.0 Å². The number of carbonyl (C=O) groups is 1. The van der Waals surface area contributed by atoms with Crippen LogP contribution in [-0.4, -0.2) is 11.7 Å². The summed E-state index contributed by atoms with van der Waals surface area (Å²) in [6, 6.07) is 9.86. The van der Waals surface area contributed by atoms with E-state index in [-0.39, 0.29) is 23.2 Å². The van der Waals surface area contributed by atoms with Crippen LogP contribution in [0.2, 0.25) is 0 Å². The first-order valence-electron chi connectivity index (χ1n) is 5.78. The number of nitrogen functional groups attached to an aromatic ring is 1. The van der Waals surface area contributed by atoms with Crippen LogP contribution >= 0.6 is 11.8 Å². The average Bonchev–Trinajstić information content (AvgIpc) is 2.41. The molecule has 0 aliphatic heterocycles. The summed E-state index contributed by atoms with van der Waals surface area (Å²) < 4.78 is 26.4. The van der Waals surface area contributed by atoms with Gasteiger partial charge in [-0.1, -0.05) is 6.07 Å². The van der Waals surface area contributed by atoms with Crippen LogP contribution in [0, 0.1) is 11.6 Å². The van der Waals surface area contributed by atoms with Crippen molar-refractivity contribution in [1.82, 2.24) is 0 Å². The van der Waals surface area contributed by atoms with Crippen LogP contribution < -0.4 is 11.1 Å². The topological polar surface area (TPSA) is 55.1 Å². The number of thioether (sulfide) groups is 1. The molecule has 3 N–H and O–H groups in total. The molecule has 0 saturated heterocycles. The van der Waals surface area contributed by atoms with Crippen LogP contribution in [-0.2, 0) is 4.79 Å². The molecular weight excluding hydrogens is 282 g/mol. The summed E-state index contributed by atoms with van der Waals surface area (Å²) in [6.07, 6.45) is 0. The van der Waals surface area contributed by atoms with Crippen molar-refractivity contribution in [2.45, 2.75) is 4.90 Å². The molecule has 20 heavy (non-hydrogen) atoms. The molecule has 2 aromatic rings. The molecule has 0 aromatic heterocycles. The monoisotopic (exact) mass is 294 g/mol. The molecule has 6 heteroatoms. The van der Waals surface area contributed by atoms with Gasteiger partial charge in [-0.05, 0) is 36.4 Å². The molecular formula is C14H12F2N2OS. The van der Waals surface area contributed by atoms with Crippen LogP contribution in [0.3, 0.4) is 0 Å². The van der Waals surface area contributed by atoms with E-state index in [2.05, 4.69) is 5.32 Å². The van der Waals surface area contributed by atoms with Crippen LogP contribution in [0.1, 0.15) is 0 Å². The van der Waals surface area contributed by atoms with E-state index in [1.54, 1.807) is 12.1 Å². The standard InChI is InChI=1S/C14H12F2N2OS/c15-9-2-1-3-11(6-9)20-8-14(19)18-13-7-10(17)4-5-12(13)16/h1-7H,8,17H2,(H,18,19). The molecule has 0 spiro atoms. The van der Waals surface area contributed by atoms with Gasteiger partial charge >= 0.3 is 0 Å². The molecule has 0 fully saturated rings. The van der Waals surface area contributed by atoms with Gasteiger partial charge < -0.3 is 11.1 Å². The summed E-state index contributed by atoms with van der Waals surface area (Å²) in [4.78, 5) is 12.3. The Kier molecular flexibility index (Phi) is 4.57. The van der Waals surface area contributed by atoms with Crippen LogP contribution in [0.15, 0.2) is 47.4 Å². The molecule has 2 aromatic carbocycles. The number of rotatable bonds is 4. The Morgan fingerprint density at radius 1 is 1.20 bits per heavy atom. The molecule has 0 heterocycles. The Hall–Kier alpha value is -2.08. The van der Waals surface area contributed by atoms with E-state index in [1.807, 2.05) is 0 Å². The van der Waals surface area contributed by atoms with Gasteiger partial charge in [0, 0.05) is 10.6 Å². The van der Waals surface area contributed by atoms with Gasteiger partial charge in [0.25, 0.3) is 0 Å². The summed E-state index contributed by atoms with van der Waals surface area (Å²) in [5, 5.41) is 2.43. The molecule has 0 saturated carbocycles. The lowest BCUT2D eigenvalue weighted by Crippen LogP contribution is -2.15. The number of hydrogen-bond acceptors (Lipinski definition) is 3. The SMILES string of the molecule is Nc1ccc(F)c(NC(=O)CSc2cccc(F)c2)c1. The molecule has 0 bridgehead atoms. The third-order valence-corrected chi connectivity index (χ3v) is 3.42. The number of anilines is 2. The van der Waals surface area contributed by atoms with Crippen molar-refractivity contribution in [3.8, 4) is 0 Å². The Labute approximate surface area is 119 Å². The number of nitrogens with two attached hydrogens (primary N) is 1. The van der Waals surface area contributed by atoms with Gasteiger partial charge in [0.1, 0.15) is 11.6 Å². The molecule has 0 aliphatic carbocycles. The second-order valence-corrected chi connectivity index (χ2v) is 5.08. The summed E-state index contributed by atoms with van der Waals surface area (Å²) in [6.45, 7) is 0. The Bertz CT molecular complexity index is 634. The highest BCUT2D eigenvalue weighted by Gasteiger charge is 2.08. The normalized spacial score (nSPS) is 10.3. The minimum atomic E-state index is -0.552. The molecule has 1 amide bonds. The fourth-order valence-electron chi connectivity index (χ4n) is 1.53. The molecule has 0 aliphatic rings. The van der Waals surface area contributed by atoms with Gasteiger partial charge in [-0.2, -0.15) is 0 Å². The molecule has 0 radical (unpaired) electrons. The molecule has 104 valence electrons. The molecule has 2 rings (SSSR count). The van der Waals surface area contributed by atoms with Crippen LogP contribution in [0.4, 0.5) is 20.2 Å². The van der Waals surface area contributed by atoms with Crippen molar-refractivity contribution in [3.63, 3.8) is 0 Å². The van der Waals surface area contributed by atoms with E-state index in [4.69, 9.17) is 5.73 Å². The number of amides is 1. The van der Waals surface area contributed by atoms with Gasteiger partial charge in [0.2, 0.25) is 5.91 Å². The average molecular weight is 294 g/mol. The lowest BCUT2D eigenvalue weighted by molar-refractivity contribution is -0.113. The van der Waals surface area contributed by atoms with Gasteiger partial charge in [0.15, 0.2) is 0 Å². The maximum absolute atomic E-state index is 13.4. The first-order valence-corrected chi connectivity index (χ1v) is 6.76. The van der Waals surface area contributed by atoms with Gasteiger partial charge in [0.05, 0.1) is 11.4 Å². The van der Waals surface area contributed by atoms with E-state index < -0.39 is 5.82 Å². The van der Waals surface area contributed by atoms with Gasteiger partial charge in [-0.25, -0.2) is 8.78 Å². The van der Waals surface area contributed by atoms with E-state index in [0.29, 0.717) is 10.6 Å². The number of hydrogen-bond donors (Lipinski definition) is 2. The predicted octanol–water partition coefficient (Wildman–Crippen LogP) is 3.28. The van der Waals surface area contributed by atoms with Crippen molar-refractivity contribution < 1.29 is 13.6 Å². The summed E-state index contributed by atoms with van der Waals surface area (Å²) in [7, 11) is 0. The van der Waals surface area contributed by atoms with E-state index in [0.717, 1.165) is 0 Å². The van der Waals surface area contributed by atoms with Crippen LogP contribution in [0.25, 0.3) is 0 Å². The lowest BCUT2D eigenvalue weighted by atomic mass is 10.2. The Balaban J connectivity index is 1.94.